The van der Waals surface area contributed by atoms with Crippen LogP contribution in [-0.4, -0.2) is 49.5 Å². The van der Waals surface area contributed by atoms with Crippen LogP contribution in [0.1, 0.15) is 34.6 Å². The van der Waals surface area contributed by atoms with Crippen molar-refractivity contribution in [1.82, 2.24) is 9.80 Å². The quantitative estimate of drug-likeness (QED) is 0.644. The number of amides is 1. The molecule has 0 spiro atoms. The van der Waals surface area contributed by atoms with E-state index in [4.69, 9.17) is 9.15 Å². The van der Waals surface area contributed by atoms with Crippen LogP contribution < -0.4 is 10.2 Å². The summed E-state index contributed by atoms with van der Waals surface area (Å²) in [5.41, 5.74) is 1.51. The highest BCUT2D eigenvalue weighted by Gasteiger charge is 2.42. The number of benzene rings is 2. The van der Waals surface area contributed by atoms with E-state index in [1.54, 1.807) is 29.2 Å². The van der Waals surface area contributed by atoms with Crippen molar-refractivity contribution in [2.24, 2.45) is 0 Å². The van der Waals surface area contributed by atoms with Gasteiger partial charge in [-0.3, -0.25) is 9.59 Å². The molecule has 0 aliphatic carbocycles. The van der Waals surface area contributed by atoms with E-state index >= 15 is 0 Å². The molecule has 6 nitrogen and oxygen atoms in total. The molecule has 2 aromatic carbocycles. The van der Waals surface area contributed by atoms with Gasteiger partial charge < -0.3 is 19.0 Å². The lowest BCUT2D eigenvalue weighted by Crippen LogP contribution is -2.35. The van der Waals surface area contributed by atoms with Crippen molar-refractivity contribution >= 4 is 16.9 Å². The fourth-order valence-electron chi connectivity index (χ4n) is 3.79. The summed E-state index contributed by atoms with van der Waals surface area (Å²) in [7, 11) is 3.91. The Kier molecular flexibility index (Phi) is 5.11. The Morgan fingerprint density at radius 3 is 2.66 bits per heavy atom. The molecule has 6 heteroatoms. The highest BCUT2D eigenvalue weighted by Crippen LogP contribution is 2.38. The number of nitrogens with zero attached hydrogens (tertiary/aromatic N) is 2. The van der Waals surface area contributed by atoms with Crippen molar-refractivity contribution < 1.29 is 13.9 Å². The third kappa shape index (κ3) is 3.40. The van der Waals surface area contributed by atoms with Gasteiger partial charge in [0.1, 0.15) is 11.3 Å². The summed E-state index contributed by atoms with van der Waals surface area (Å²) in [6, 6.07) is 14.1. The van der Waals surface area contributed by atoms with Gasteiger partial charge in [-0.1, -0.05) is 24.3 Å². The molecule has 2 heterocycles. The van der Waals surface area contributed by atoms with E-state index in [9.17, 15) is 9.59 Å². The normalized spacial score (nSPS) is 15.9. The van der Waals surface area contributed by atoms with Crippen LogP contribution in [0.2, 0.25) is 0 Å². The van der Waals surface area contributed by atoms with Gasteiger partial charge in [0.05, 0.1) is 23.6 Å². The first-order valence-electron chi connectivity index (χ1n) is 9.75. The number of carbonyl (C=O) groups is 1. The zero-order valence-corrected chi connectivity index (χ0v) is 16.8. The summed E-state index contributed by atoms with van der Waals surface area (Å²) in [5, 5.41) is 0.486. The molecule has 1 atom stereocenters. The number of fused-ring (bicyclic) bond motifs is 2. The van der Waals surface area contributed by atoms with E-state index in [0.29, 0.717) is 42.0 Å². The van der Waals surface area contributed by atoms with Gasteiger partial charge in [-0.25, -0.2) is 0 Å². The van der Waals surface area contributed by atoms with Gasteiger partial charge in [0, 0.05) is 13.1 Å². The minimum atomic E-state index is -0.501. The third-order valence-electron chi connectivity index (χ3n) is 5.15. The SMILES string of the molecule is CCOc1cccc(C2c3c(oc4ccccc4c3=O)C(=O)N2CCN(C)C)c1. The molecule has 150 valence electrons. The van der Waals surface area contributed by atoms with Crippen LogP contribution in [-0.2, 0) is 0 Å². The van der Waals surface area contributed by atoms with Gasteiger partial charge >= 0.3 is 0 Å². The van der Waals surface area contributed by atoms with Crippen molar-refractivity contribution in [2.75, 3.05) is 33.8 Å². The van der Waals surface area contributed by atoms with Gasteiger partial charge in [-0.15, -0.1) is 0 Å². The molecule has 1 amide bonds. The van der Waals surface area contributed by atoms with Gasteiger partial charge in [0.2, 0.25) is 5.76 Å². The lowest BCUT2D eigenvalue weighted by atomic mass is 9.98. The molecular formula is C23H24N2O4. The maximum Gasteiger partial charge on any atom is 0.290 e. The molecule has 0 bridgehead atoms. The number of hydrogen-bond donors (Lipinski definition) is 0. The smallest absolute Gasteiger partial charge is 0.290 e. The predicted octanol–water partition coefficient (Wildman–Crippen LogP) is 3.30. The molecule has 1 aliphatic rings. The second kappa shape index (κ2) is 7.72. The fraction of sp³-hybridized carbons (Fsp3) is 0.304. The molecule has 29 heavy (non-hydrogen) atoms. The Balaban J connectivity index is 1.91. The maximum atomic E-state index is 13.4. The molecule has 0 fully saturated rings. The predicted molar refractivity (Wildman–Crippen MR) is 112 cm³/mol. The third-order valence-corrected chi connectivity index (χ3v) is 5.15. The second-order valence-corrected chi connectivity index (χ2v) is 7.38. The standard InChI is InChI=1S/C23H24N2O4/c1-4-28-16-9-7-8-15(14-16)20-19-21(26)17-10-5-6-11-18(17)29-22(19)23(27)25(20)13-12-24(2)3/h5-11,14,20H,4,12-13H2,1-3H3. The minimum Gasteiger partial charge on any atom is -0.494 e. The van der Waals surface area contributed by atoms with Crippen molar-refractivity contribution in [3.8, 4) is 5.75 Å². The summed E-state index contributed by atoms with van der Waals surface area (Å²) >= 11 is 0. The Morgan fingerprint density at radius 2 is 1.90 bits per heavy atom. The van der Waals surface area contributed by atoms with Crippen molar-refractivity contribution in [3.63, 3.8) is 0 Å². The van der Waals surface area contributed by atoms with Crippen LogP contribution in [0.4, 0.5) is 0 Å². The molecule has 0 saturated carbocycles. The Hall–Kier alpha value is -3.12. The zero-order chi connectivity index (χ0) is 20.5. The second-order valence-electron chi connectivity index (χ2n) is 7.38. The van der Waals surface area contributed by atoms with Crippen LogP contribution in [0.3, 0.4) is 0 Å². The molecule has 1 aromatic heterocycles. The molecule has 1 unspecified atom stereocenters. The van der Waals surface area contributed by atoms with Crippen LogP contribution in [0.15, 0.2) is 57.7 Å². The summed E-state index contributed by atoms with van der Waals surface area (Å²) in [5.74, 6) is 0.597. The van der Waals surface area contributed by atoms with Gasteiger partial charge in [0.15, 0.2) is 5.43 Å². The lowest BCUT2D eigenvalue weighted by molar-refractivity contribution is 0.0716. The maximum absolute atomic E-state index is 13.4. The number of rotatable bonds is 6. The highest BCUT2D eigenvalue weighted by molar-refractivity contribution is 5.99. The van der Waals surface area contributed by atoms with E-state index < -0.39 is 6.04 Å². The lowest BCUT2D eigenvalue weighted by Gasteiger charge is -2.26. The molecule has 0 N–H and O–H groups in total. The van der Waals surface area contributed by atoms with Crippen molar-refractivity contribution in [1.29, 1.82) is 0 Å². The minimum absolute atomic E-state index is 0.138. The number of likely N-dealkylation sites (N-methyl/N-ethyl adjacent to an activating group) is 1. The van der Waals surface area contributed by atoms with Gasteiger partial charge in [-0.2, -0.15) is 0 Å². The van der Waals surface area contributed by atoms with Crippen LogP contribution in [0.5, 0.6) is 5.75 Å². The van der Waals surface area contributed by atoms with E-state index in [1.165, 1.54) is 0 Å². The van der Waals surface area contributed by atoms with E-state index in [1.807, 2.05) is 50.2 Å². The first-order chi connectivity index (χ1) is 14.0. The molecule has 3 aromatic rings. The molecular weight excluding hydrogens is 368 g/mol. The van der Waals surface area contributed by atoms with E-state index in [2.05, 4.69) is 0 Å². The summed E-state index contributed by atoms with van der Waals surface area (Å²) in [6.45, 7) is 3.62. The first kappa shape index (κ1) is 19.2. The fourth-order valence-corrected chi connectivity index (χ4v) is 3.79. The number of hydrogen-bond acceptors (Lipinski definition) is 5. The number of carbonyl (C=O) groups excluding carboxylic acids is 1. The highest BCUT2D eigenvalue weighted by atomic mass is 16.5. The average molecular weight is 392 g/mol. The van der Waals surface area contributed by atoms with Crippen LogP contribution >= 0.6 is 0 Å². The summed E-state index contributed by atoms with van der Waals surface area (Å²) in [6.07, 6.45) is 0. The van der Waals surface area contributed by atoms with Crippen LogP contribution in [0.25, 0.3) is 11.0 Å². The van der Waals surface area contributed by atoms with Gasteiger partial charge in [0.25, 0.3) is 5.91 Å². The van der Waals surface area contributed by atoms with Crippen LogP contribution in [0, 0.1) is 0 Å². The monoisotopic (exact) mass is 392 g/mol. The Labute approximate surface area is 169 Å². The van der Waals surface area contributed by atoms with E-state index in [-0.39, 0.29) is 17.1 Å². The van der Waals surface area contributed by atoms with E-state index in [0.717, 1.165) is 5.56 Å². The molecule has 4 rings (SSSR count). The molecule has 0 saturated heterocycles. The first-order valence-corrected chi connectivity index (χ1v) is 9.75. The number of ether oxygens (including phenoxy) is 1. The van der Waals surface area contributed by atoms with Crippen molar-refractivity contribution in [2.45, 2.75) is 13.0 Å². The summed E-state index contributed by atoms with van der Waals surface area (Å²) < 4.78 is 11.6. The van der Waals surface area contributed by atoms with Crippen molar-refractivity contribution in [3.05, 3.63) is 75.6 Å². The molecule has 1 aliphatic heterocycles. The van der Waals surface area contributed by atoms with Gasteiger partial charge in [-0.05, 0) is 50.8 Å². The zero-order valence-electron chi connectivity index (χ0n) is 16.8. The largest absolute Gasteiger partial charge is 0.494 e. The Bertz CT molecular complexity index is 1120. The summed E-state index contributed by atoms with van der Waals surface area (Å²) in [4.78, 5) is 30.3. The topological polar surface area (TPSA) is 63.0 Å². The Morgan fingerprint density at radius 1 is 1.10 bits per heavy atom. The number of para-hydroxylation sites is 1. The average Bonchev–Trinajstić information content (AvgIpc) is 2.99. The molecule has 0 radical (unpaired) electrons.